The van der Waals surface area contributed by atoms with Crippen molar-refractivity contribution in [1.29, 1.82) is 0 Å². The highest BCUT2D eigenvalue weighted by molar-refractivity contribution is 5.83. The summed E-state index contributed by atoms with van der Waals surface area (Å²) in [4.78, 5) is 28.8. The van der Waals surface area contributed by atoms with E-state index in [1.54, 1.807) is 0 Å². The monoisotopic (exact) mass is 400 g/mol. The van der Waals surface area contributed by atoms with E-state index in [2.05, 4.69) is 15.6 Å². The molecule has 0 aliphatic rings. The minimum Gasteiger partial charge on any atom is -0.370 e. The van der Waals surface area contributed by atoms with Gasteiger partial charge in [0.1, 0.15) is 6.54 Å². The van der Waals surface area contributed by atoms with Crippen molar-refractivity contribution in [1.82, 2.24) is 15.5 Å². The molecule has 0 heterocycles. The molecule has 0 aromatic rings. The number of urea groups is 1. The number of hydrogen-bond acceptors (Lipinski definition) is 5. The molecule has 10 N–H and O–H groups in total. The average molecular weight is 401 g/mol. The summed E-state index contributed by atoms with van der Waals surface area (Å²) >= 11 is 0. The van der Waals surface area contributed by atoms with Crippen molar-refractivity contribution >= 4 is 17.9 Å². The van der Waals surface area contributed by atoms with Crippen molar-refractivity contribution in [2.45, 2.75) is 57.9 Å². The number of carbonyl (C=O) groups is 2. The molecule has 0 saturated heterocycles. The first-order valence-corrected chi connectivity index (χ1v) is 10.2. The third-order valence-electron chi connectivity index (χ3n) is 4.16. The summed E-state index contributed by atoms with van der Waals surface area (Å²) in [7, 11) is 0. The molecule has 10 heteroatoms. The molecule has 0 aromatic carbocycles. The van der Waals surface area contributed by atoms with Gasteiger partial charge >= 0.3 is 6.03 Å². The Morgan fingerprint density at radius 2 is 1.64 bits per heavy atom. The maximum Gasteiger partial charge on any atom is 0.315 e. The van der Waals surface area contributed by atoms with Crippen molar-refractivity contribution in [2.75, 3.05) is 39.3 Å². The van der Waals surface area contributed by atoms with Crippen LogP contribution in [0.4, 0.5) is 4.79 Å². The van der Waals surface area contributed by atoms with Crippen LogP contribution in [0.2, 0.25) is 0 Å². The van der Waals surface area contributed by atoms with Crippen molar-refractivity contribution in [3.8, 4) is 0 Å². The van der Waals surface area contributed by atoms with Crippen LogP contribution in [0.3, 0.4) is 0 Å². The zero-order valence-corrected chi connectivity index (χ0v) is 17.3. The molecule has 0 aliphatic carbocycles. The Kier molecular flexibility index (Phi) is 15.8. The maximum atomic E-state index is 12.0. The van der Waals surface area contributed by atoms with E-state index in [0.717, 1.165) is 58.0 Å². The third kappa shape index (κ3) is 17.3. The summed E-state index contributed by atoms with van der Waals surface area (Å²) in [6, 6.07) is -0.374. The number of guanidine groups is 1. The summed E-state index contributed by atoms with van der Waals surface area (Å²) in [6.07, 6.45) is 6.40. The molecular weight excluding hydrogens is 360 g/mol. The van der Waals surface area contributed by atoms with E-state index >= 15 is 0 Å². The van der Waals surface area contributed by atoms with Gasteiger partial charge < -0.3 is 38.5 Å². The molecule has 3 amide bonds. The lowest BCUT2D eigenvalue weighted by atomic mass is 10.2. The van der Waals surface area contributed by atoms with Gasteiger partial charge in [-0.25, -0.2) is 4.79 Å². The second kappa shape index (κ2) is 17.1. The molecule has 0 fully saturated rings. The van der Waals surface area contributed by atoms with Gasteiger partial charge in [-0.3, -0.25) is 9.79 Å². The molecule has 0 radical (unpaired) electrons. The van der Waals surface area contributed by atoms with Gasteiger partial charge in [0.05, 0.1) is 0 Å². The minimum absolute atomic E-state index is 0.00204. The Labute approximate surface area is 168 Å². The fourth-order valence-corrected chi connectivity index (χ4v) is 2.53. The van der Waals surface area contributed by atoms with Gasteiger partial charge in [-0.15, -0.1) is 0 Å². The molecule has 0 saturated carbocycles. The number of rotatable bonds is 17. The topological polar surface area (TPSA) is 178 Å². The number of aliphatic imine (C=N–C) groups is 1. The fraction of sp³-hybridized carbons (Fsp3) is 0.833. The van der Waals surface area contributed by atoms with E-state index in [4.69, 9.17) is 22.9 Å². The van der Waals surface area contributed by atoms with Gasteiger partial charge in [0.2, 0.25) is 5.91 Å². The normalized spacial score (nSPS) is 11.6. The van der Waals surface area contributed by atoms with Crippen molar-refractivity contribution < 1.29 is 9.59 Å². The Morgan fingerprint density at radius 1 is 0.964 bits per heavy atom. The lowest BCUT2D eigenvalue weighted by Crippen LogP contribution is -2.44. The number of nitrogens with zero attached hydrogens (tertiary/aromatic N) is 2. The van der Waals surface area contributed by atoms with Gasteiger partial charge in [0.15, 0.2) is 5.96 Å². The number of unbranched alkanes of at least 4 members (excludes halogenated alkanes) is 4. The zero-order chi connectivity index (χ0) is 21.2. The van der Waals surface area contributed by atoms with Crippen LogP contribution in [-0.2, 0) is 4.79 Å². The molecule has 164 valence electrons. The van der Waals surface area contributed by atoms with E-state index < -0.39 is 6.03 Å². The van der Waals surface area contributed by atoms with Crippen LogP contribution >= 0.6 is 0 Å². The highest BCUT2D eigenvalue weighted by Crippen LogP contribution is 1.99. The molecule has 0 bridgehead atoms. The molecule has 10 nitrogen and oxygen atoms in total. The summed E-state index contributed by atoms with van der Waals surface area (Å²) in [5.41, 5.74) is 21.6. The quantitative estimate of drug-likeness (QED) is 0.108. The number of amides is 3. The lowest BCUT2D eigenvalue weighted by molar-refractivity contribution is -0.121. The van der Waals surface area contributed by atoms with Crippen LogP contribution in [-0.4, -0.2) is 68.1 Å². The van der Waals surface area contributed by atoms with Gasteiger partial charge in [-0.1, -0.05) is 12.8 Å². The van der Waals surface area contributed by atoms with Crippen LogP contribution in [0.25, 0.3) is 0 Å². The first-order chi connectivity index (χ1) is 13.3. The van der Waals surface area contributed by atoms with Crippen molar-refractivity contribution in [3.05, 3.63) is 0 Å². The Morgan fingerprint density at radius 3 is 2.29 bits per heavy atom. The second-order valence-electron chi connectivity index (χ2n) is 7.05. The van der Waals surface area contributed by atoms with Gasteiger partial charge in [-0.05, 0) is 52.1 Å². The Bertz CT molecular complexity index is 453. The highest BCUT2D eigenvalue weighted by Gasteiger charge is 2.13. The van der Waals surface area contributed by atoms with E-state index in [1.807, 2.05) is 6.92 Å². The number of nitrogens with one attached hydrogen (secondary N) is 2. The lowest BCUT2D eigenvalue weighted by Gasteiger charge is -2.20. The van der Waals surface area contributed by atoms with Crippen LogP contribution in [0.1, 0.15) is 51.9 Å². The summed E-state index contributed by atoms with van der Waals surface area (Å²) in [5.74, 6) is -0.0712. The fourth-order valence-electron chi connectivity index (χ4n) is 2.53. The molecular formula is C18H40N8O2. The summed E-state index contributed by atoms with van der Waals surface area (Å²) in [5, 5.41) is 6.13. The van der Waals surface area contributed by atoms with Gasteiger partial charge in [0, 0.05) is 25.7 Å². The van der Waals surface area contributed by atoms with Crippen molar-refractivity contribution in [2.24, 2.45) is 27.9 Å². The van der Waals surface area contributed by atoms with Crippen LogP contribution < -0.4 is 33.6 Å². The maximum absolute atomic E-state index is 12.0. The minimum atomic E-state index is -0.570. The van der Waals surface area contributed by atoms with Crippen LogP contribution in [0.5, 0.6) is 0 Å². The summed E-state index contributed by atoms with van der Waals surface area (Å²) < 4.78 is 0. The highest BCUT2D eigenvalue weighted by atomic mass is 16.2. The molecule has 1 atom stereocenters. The van der Waals surface area contributed by atoms with Crippen molar-refractivity contribution in [3.63, 3.8) is 0 Å². The number of nitrogens with two attached hydrogens (primary N) is 4. The molecule has 1 unspecified atom stereocenters. The summed E-state index contributed by atoms with van der Waals surface area (Å²) in [6.45, 7) is 5.40. The van der Waals surface area contributed by atoms with Crippen LogP contribution in [0, 0.1) is 0 Å². The van der Waals surface area contributed by atoms with Crippen LogP contribution in [0.15, 0.2) is 4.99 Å². The Balaban J connectivity index is 3.75. The smallest absolute Gasteiger partial charge is 0.315 e. The van der Waals surface area contributed by atoms with E-state index in [9.17, 15) is 9.59 Å². The Hall–Kier alpha value is -2.07. The largest absolute Gasteiger partial charge is 0.370 e. The van der Waals surface area contributed by atoms with E-state index in [-0.39, 0.29) is 24.5 Å². The SMILES string of the molecule is CC(N)CCNCCCCN(CC(=O)NCCCCCCN=C(N)N)C(N)=O. The third-order valence-corrected chi connectivity index (χ3v) is 4.16. The first-order valence-electron chi connectivity index (χ1n) is 10.2. The number of primary amides is 1. The second-order valence-corrected chi connectivity index (χ2v) is 7.05. The molecule has 0 aromatic heterocycles. The standard InChI is InChI=1S/C18H40N8O2/c1-15(19)8-12-23-9-6-7-13-26(18(22)28)14-16(27)24-10-4-2-3-5-11-25-17(20)21/h15,23H,2-14,19H2,1H3,(H2,22,28)(H,24,27)(H4,20,21,25). The van der Waals surface area contributed by atoms with E-state index in [1.165, 1.54) is 4.90 Å². The zero-order valence-electron chi connectivity index (χ0n) is 17.3. The van der Waals surface area contributed by atoms with E-state index in [0.29, 0.717) is 19.6 Å². The first kappa shape index (κ1) is 25.9. The molecule has 0 rings (SSSR count). The molecule has 0 spiro atoms. The predicted molar refractivity (Wildman–Crippen MR) is 114 cm³/mol. The van der Waals surface area contributed by atoms with Gasteiger partial charge in [0.25, 0.3) is 0 Å². The number of carbonyl (C=O) groups excluding carboxylic acids is 2. The van der Waals surface area contributed by atoms with Gasteiger partial charge in [-0.2, -0.15) is 0 Å². The average Bonchev–Trinajstić information content (AvgIpc) is 2.61. The molecule has 28 heavy (non-hydrogen) atoms. The predicted octanol–water partition coefficient (Wildman–Crippen LogP) is -0.576. The number of hydrogen-bond donors (Lipinski definition) is 6. The molecule has 0 aliphatic heterocycles.